The first kappa shape index (κ1) is 16.1. The van der Waals surface area contributed by atoms with E-state index in [0.717, 1.165) is 15.4 Å². The fourth-order valence-electron chi connectivity index (χ4n) is 1.83. The third-order valence-corrected chi connectivity index (χ3v) is 4.31. The lowest BCUT2D eigenvalue weighted by atomic mass is 10.1. The summed E-state index contributed by atoms with van der Waals surface area (Å²) < 4.78 is 0. The van der Waals surface area contributed by atoms with Crippen LogP contribution in [0.25, 0.3) is 0 Å². The van der Waals surface area contributed by atoms with Gasteiger partial charge in [0.1, 0.15) is 5.01 Å². The van der Waals surface area contributed by atoms with Crippen LogP contribution < -0.4 is 11.1 Å². The van der Waals surface area contributed by atoms with Crippen LogP contribution in [0, 0.1) is 6.92 Å². The Hall–Kier alpha value is -1.30. The number of halogens is 2. The molecular formula is C14H16Cl2N4S. The van der Waals surface area contributed by atoms with E-state index in [0.29, 0.717) is 22.5 Å². The molecule has 1 aromatic carbocycles. The van der Waals surface area contributed by atoms with Gasteiger partial charge in [-0.2, -0.15) is 0 Å². The monoisotopic (exact) mass is 342 g/mol. The van der Waals surface area contributed by atoms with Crippen LogP contribution in [0.1, 0.15) is 28.4 Å². The molecule has 7 heteroatoms. The number of aryl methyl sites for hydroxylation is 1. The molecule has 3 N–H and O–H groups in total. The Morgan fingerprint density at radius 2 is 2.24 bits per heavy atom. The number of nitrogens with zero attached hydrogens (tertiary/aromatic N) is 2. The minimum atomic E-state index is -0.0588. The van der Waals surface area contributed by atoms with Gasteiger partial charge in [-0.05, 0) is 31.5 Å². The Bertz CT molecular complexity index is 654. The maximum absolute atomic E-state index is 6.17. The van der Waals surface area contributed by atoms with E-state index in [1.54, 1.807) is 23.5 Å². The third kappa shape index (κ3) is 4.59. The lowest BCUT2D eigenvalue weighted by molar-refractivity contribution is 0.708. The highest BCUT2D eigenvalue weighted by Crippen LogP contribution is 2.25. The second-order valence-corrected chi connectivity index (χ2v) is 6.76. The summed E-state index contributed by atoms with van der Waals surface area (Å²) >= 11 is 13.7. The van der Waals surface area contributed by atoms with Crippen LogP contribution in [-0.4, -0.2) is 10.9 Å². The van der Waals surface area contributed by atoms with Crippen LogP contribution in [0.4, 0.5) is 0 Å². The summed E-state index contributed by atoms with van der Waals surface area (Å²) in [5.74, 6) is 0.362. The van der Waals surface area contributed by atoms with Gasteiger partial charge in [-0.25, -0.2) is 9.98 Å². The minimum absolute atomic E-state index is 0.0588. The largest absolute Gasteiger partial charge is 0.370 e. The molecule has 0 bridgehead atoms. The molecule has 0 aliphatic rings. The first-order chi connectivity index (χ1) is 9.95. The van der Waals surface area contributed by atoms with Crippen LogP contribution in [0.15, 0.2) is 29.4 Å². The molecule has 2 rings (SSSR count). The Labute approximate surface area is 138 Å². The van der Waals surface area contributed by atoms with E-state index in [1.807, 2.05) is 26.1 Å². The van der Waals surface area contributed by atoms with Crippen LogP contribution >= 0.6 is 34.5 Å². The lowest BCUT2D eigenvalue weighted by Gasteiger charge is -2.16. The maximum atomic E-state index is 6.17. The number of aromatic nitrogens is 1. The predicted molar refractivity (Wildman–Crippen MR) is 90.2 cm³/mol. The second kappa shape index (κ2) is 7.11. The van der Waals surface area contributed by atoms with Crippen molar-refractivity contribution < 1.29 is 0 Å². The quantitative estimate of drug-likeness (QED) is 0.653. The van der Waals surface area contributed by atoms with Crippen molar-refractivity contribution in [1.82, 2.24) is 10.3 Å². The van der Waals surface area contributed by atoms with E-state index < -0.39 is 0 Å². The van der Waals surface area contributed by atoms with Crippen LogP contribution in [0.5, 0.6) is 0 Å². The molecule has 0 aliphatic heterocycles. The van der Waals surface area contributed by atoms with Crippen molar-refractivity contribution in [2.24, 2.45) is 10.7 Å². The van der Waals surface area contributed by atoms with Crippen molar-refractivity contribution in [3.63, 3.8) is 0 Å². The summed E-state index contributed by atoms with van der Waals surface area (Å²) in [5, 5.41) is 5.26. The van der Waals surface area contributed by atoms with E-state index in [-0.39, 0.29) is 6.04 Å². The fraction of sp³-hybridized carbons (Fsp3) is 0.286. The molecule has 0 saturated heterocycles. The molecule has 1 atom stereocenters. The van der Waals surface area contributed by atoms with E-state index >= 15 is 0 Å². The summed E-state index contributed by atoms with van der Waals surface area (Å²) in [6.45, 7) is 4.44. The second-order valence-electron chi connectivity index (χ2n) is 4.60. The van der Waals surface area contributed by atoms with Crippen LogP contribution in [0.3, 0.4) is 0 Å². The molecule has 0 amide bonds. The van der Waals surface area contributed by atoms with Crippen LogP contribution in [-0.2, 0) is 6.54 Å². The van der Waals surface area contributed by atoms with E-state index in [2.05, 4.69) is 15.3 Å². The first-order valence-electron chi connectivity index (χ1n) is 6.38. The standard InChI is InChI=1S/C14H16Cl2N4S/c1-8-6-18-13(21-8)7-19-14(17)20-9(2)11-4-3-10(15)5-12(11)16/h3-6,9H,7H2,1-2H3,(H3,17,19,20). The molecule has 0 aliphatic carbocycles. The summed E-state index contributed by atoms with van der Waals surface area (Å²) in [5.41, 5.74) is 6.81. The number of nitrogens with two attached hydrogens (primary N) is 1. The topological polar surface area (TPSA) is 63.3 Å². The van der Waals surface area contributed by atoms with Crippen molar-refractivity contribution in [2.45, 2.75) is 26.4 Å². The molecule has 112 valence electrons. The van der Waals surface area contributed by atoms with Gasteiger partial charge < -0.3 is 11.1 Å². The average molecular weight is 343 g/mol. The highest BCUT2D eigenvalue weighted by molar-refractivity contribution is 7.11. The summed E-state index contributed by atoms with van der Waals surface area (Å²) in [4.78, 5) is 9.68. The number of benzene rings is 1. The molecule has 2 aromatic rings. The number of hydrogen-bond donors (Lipinski definition) is 2. The molecule has 0 fully saturated rings. The van der Waals surface area contributed by atoms with Gasteiger partial charge in [-0.15, -0.1) is 11.3 Å². The molecular weight excluding hydrogens is 327 g/mol. The maximum Gasteiger partial charge on any atom is 0.189 e. The Balaban J connectivity index is 1.99. The third-order valence-electron chi connectivity index (χ3n) is 2.85. The van der Waals surface area contributed by atoms with Crippen LogP contribution in [0.2, 0.25) is 10.0 Å². The lowest BCUT2D eigenvalue weighted by Crippen LogP contribution is -2.33. The number of guanidine groups is 1. The number of rotatable bonds is 4. The van der Waals surface area contributed by atoms with Gasteiger partial charge in [0.2, 0.25) is 0 Å². The molecule has 0 radical (unpaired) electrons. The zero-order chi connectivity index (χ0) is 15.4. The SMILES string of the molecule is Cc1cnc(CN=C(N)NC(C)c2ccc(Cl)cc2Cl)s1. The zero-order valence-electron chi connectivity index (χ0n) is 11.7. The highest BCUT2D eigenvalue weighted by Gasteiger charge is 2.10. The summed E-state index contributed by atoms with van der Waals surface area (Å²) in [7, 11) is 0. The molecule has 0 spiro atoms. The molecule has 1 unspecified atom stereocenters. The fourth-order valence-corrected chi connectivity index (χ4v) is 3.11. The van der Waals surface area contributed by atoms with Gasteiger partial charge in [0.25, 0.3) is 0 Å². The van der Waals surface area contributed by atoms with Gasteiger partial charge in [0, 0.05) is 21.1 Å². The first-order valence-corrected chi connectivity index (χ1v) is 7.95. The Morgan fingerprint density at radius 3 is 2.86 bits per heavy atom. The van der Waals surface area contributed by atoms with Crippen molar-refractivity contribution in [2.75, 3.05) is 0 Å². The van der Waals surface area contributed by atoms with Crippen molar-refractivity contribution in [3.05, 3.63) is 49.9 Å². The molecule has 21 heavy (non-hydrogen) atoms. The highest BCUT2D eigenvalue weighted by atomic mass is 35.5. The van der Waals surface area contributed by atoms with Gasteiger partial charge in [-0.3, -0.25) is 0 Å². The smallest absolute Gasteiger partial charge is 0.189 e. The van der Waals surface area contributed by atoms with Crippen molar-refractivity contribution in [1.29, 1.82) is 0 Å². The molecule has 1 heterocycles. The zero-order valence-corrected chi connectivity index (χ0v) is 14.1. The molecule has 4 nitrogen and oxygen atoms in total. The normalized spacial score (nSPS) is 13.2. The predicted octanol–water partition coefficient (Wildman–Crippen LogP) is 3.92. The van der Waals surface area contributed by atoms with Crippen molar-refractivity contribution >= 4 is 40.5 Å². The number of hydrogen-bond acceptors (Lipinski definition) is 3. The van der Waals surface area contributed by atoms with E-state index in [1.165, 1.54) is 0 Å². The summed E-state index contributed by atoms with van der Waals surface area (Å²) in [6, 6.07) is 5.32. The van der Waals surface area contributed by atoms with Gasteiger partial charge in [0.15, 0.2) is 5.96 Å². The van der Waals surface area contributed by atoms with Gasteiger partial charge >= 0.3 is 0 Å². The number of thiazole rings is 1. The number of nitrogens with one attached hydrogen (secondary N) is 1. The van der Waals surface area contributed by atoms with E-state index in [4.69, 9.17) is 28.9 Å². The molecule has 0 saturated carbocycles. The van der Waals surface area contributed by atoms with E-state index in [9.17, 15) is 0 Å². The average Bonchev–Trinajstić information content (AvgIpc) is 2.82. The summed E-state index contributed by atoms with van der Waals surface area (Å²) in [6.07, 6.45) is 1.83. The molecule has 1 aromatic heterocycles. The van der Waals surface area contributed by atoms with Crippen molar-refractivity contribution in [3.8, 4) is 0 Å². The van der Waals surface area contributed by atoms with Gasteiger partial charge in [0.05, 0.1) is 12.6 Å². The number of aliphatic imine (C=N–C) groups is 1. The Morgan fingerprint density at radius 1 is 1.48 bits per heavy atom. The van der Waals surface area contributed by atoms with Gasteiger partial charge in [-0.1, -0.05) is 29.3 Å². The minimum Gasteiger partial charge on any atom is -0.370 e. The Kier molecular flexibility index (Phi) is 5.45.